The molecule has 4 rings (SSSR count). The Morgan fingerprint density at radius 3 is 3.04 bits per heavy atom. The normalized spacial score (nSPS) is 20.7. The van der Waals surface area contributed by atoms with Gasteiger partial charge in [-0.25, -0.2) is 9.97 Å². The van der Waals surface area contributed by atoms with E-state index in [0.29, 0.717) is 18.9 Å². The highest BCUT2D eigenvalue weighted by atomic mass is 16.2. The minimum absolute atomic E-state index is 0.0333. The zero-order valence-corrected chi connectivity index (χ0v) is 15.0. The number of piperidine rings is 1. The zero-order chi connectivity index (χ0) is 18.1. The van der Waals surface area contributed by atoms with E-state index < -0.39 is 0 Å². The van der Waals surface area contributed by atoms with E-state index in [2.05, 4.69) is 25.4 Å². The molecule has 0 unspecified atom stereocenters. The Bertz CT molecular complexity index is 915. The molecule has 0 bridgehead atoms. The van der Waals surface area contributed by atoms with E-state index in [1.165, 1.54) is 0 Å². The number of nitrogens with zero attached hydrogens (tertiary/aromatic N) is 5. The number of aryl methyl sites for hydroxylation is 1. The largest absolute Gasteiger partial charge is 0.369 e. The summed E-state index contributed by atoms with van der Waals surface area (Å²) < 4.78 is 1.79. The van der Waals surface area contributed by atoms with Crippen LogP contribution in [-0.4, -0.2) is 48.6 Å². The lowest BCUT2D eigenvalue weighted by molar-refractivity contribution is -0.138. The highest BCUT2D eigenvalue weighted by Crippen LogP contribution is 2.36. The first-order chi connectivity index (χ1) is 12.7. The van der Waals surface area contributed by atoms with Crippen LogP contribution in [0.15, 0.2) is 31.0 Å². The van der Waals surface area contributed by atoms with Crippen LogP contribution < -0.4 is 5.32 Å². The van der Waals surface area contributed by atoms with Gasteiger partial charge in [0.05, 0.1) is 17.6 Å². The molecule has 1 amide bonds. The van der Waals surface area contributed by atoms with Crippen LogP contribution in [0.3, 0.4) is 0 Å². The maximum atomic E-state index is 12.4. The predicted octanol–water partition coefficient (Wildman–Crippen LogP) is 2.10. The van der Waals surface area contributed by atoms with E-state index in [1.807, 2.05) is 43.5 Å². The van der Waals surface area contributed by atoms with E-state index in [1.54, 1.807) is 11.0 Å². The smallest absolute Gasteiger partial charge is 0.223 e. The molecule has 8 nitrogen and oxygen atoms in total. The third-order valence-electron chi connectivity index (χ3n) is 5.12. The number of anilines is 1. The molecule has 2 atom stereocenters. The molecule has 1 aliphatic heterocycles. The Balaban J connectivity index is 1.59. The zero-order valence-electron chi connectivity index (χ0n) is 15.0. The number of rotatable bonds is 5. The molecule has 3 aromatic heterocycles. The van der Waals surface area contributed by atoms with Gasteiger partial charge in [0.15, 0.2) is 0 Å². The number of likely N-dealkylation sites (tertiary alicyclic amines) is 1. The van der Waals surface area contributed by atoms with Crippen molar-refractivity contribution in [2.24, 2.45) is 13.0 Å². The number of H-pyrrole nitrogens is 1. The summed E-state index contributed by atoms with van der Waals surface area (Å²) in [5, 5.41) is 8.76. The molecule has 0 aliphatic carbocycles. The molecule has 0 radical (unpaired) electrons. The van der Waals surface area contributed by atoms with E-state index in [-0.39, 0.29) is 11.9 Å². The summed E-state index contributed by atoms with van der Waals surface area (Å²) in [7, 11) is 1.90. The summed E-state index contributed by atoms with van der Waals surface area (Å²) in [6, 6.07) is 2.00. The Kier molecular flexibility index (Phi) is 4.32. The molecular formula is C18H23N7O. The van der Waals surface area contributed by atoms with Crippen LogP contribution in [-0.2, 0) is 11.8 Å². The first kappa shape index (κ1) is 16.6. The minimum atomic E-state index is 0.0333. The summed E-state index contributed by atoms with van der Waals surface area (Å²) in [5.41, 5.74) is 1.91. The Hall–Kier alpha value is -2.90. The van der Waals surface area contributed by atoms with Crippen molar-refractivity contribution in [2.45, 2.75) is 25.8 Å². The van der Waals surface area contributed by atoms with Gasteiger partial charge in [-0.3, -0.25) is 9.48 Å². The van der Waals surface area contributed by atoms with Crippen molar-refractivity contribution in [3.8, 4) is 0 Å². The molecule has 1 aliphatic rings. The first-order valence-electron chi connectivity index (χ1n) is 8.97. The van der Waals surface area contributed by atoms with Gasteiger partial charge < -0.3 is 15.2 Å². The second-order valence-corrected chi connectivity index (χ2v) is 6.71. The fraction of sp³-hybridized carbons (Fsp3) is 0.444. The summed E-state index contributed by atoms with van der Waals surface area (Å²) in [4.78, 5) is 26.1. The second-order valence-electron chi connectivity index (χ2n) is 6.71. The van der Waals surface area contributed by atoms with Crippen molar-refractivity contribution in [3.63, 3.8) is 0 Å². The van der Waals surface area contributed by atoms with Crippen LogP contribution in [0.2, 0.25) is 0 Å². The van der Waals surface area contributed by atoms with Gasteiger partial charge in [0, 0.05) is 50.4 Å². The monoisotopic (exact) mass is 353 g/mol. The van der Waals surface area contributed by atoms with Crippen LogP contribution in [0.1, 0.15) is 31.4 Å². The SMILES string of the molecule is CCN1C(=O)CC[C@H](CNc2ncnc3[nH]ccc23)[C@H]1c1cnn(C)c1. The molecule has 1 saturated heterocycles. The number of aromatic amines is 1. The number of hydrogen-bond acceptors (Lipinski definition) is 5. The summed E-state index contributed by atoms with van der Waals surface area (Å²) in [6.07, 6.45) is 8.73. The summed E-state index contributed by atoms with van der Waals surface area (Å²) in [6.45, 7) is 3.47. The maximum Gasteiger partial charge on any atom is 0.223 e. The second kappa shape index (κ2) is 6.78. The fourth-order valence-corrected chi connectivity index (χ4v) is 3.89. The van der Waals surface area contributed by atoms with Crippen LogP contribution in [0, 0.1) is 5.92 Å². The Morgan fingerprint density at radius 1 is 1.38 bits per heavy atom. The van der Waals surface area contributed by atoms with Crippen molar-refractivity contribution in [1.82, 2.24) is 29.6 Å². The third kappa shape index (κ3) is 2.91. The number of amides is 1. The first-order valence-corrected chi connectivity index (χ1v) is 8.97. The van der Waals surface area contributed by atoms with Gasteiger partial charge in [-0.1, -0.05) is 0 Å². The quantitative estimate of drug-likeness (QED) is 0.733. The molecule has 2 N–H and O–H groups in total. The lowest BCUT2D eigenvalue weighted by atomic mass is 9.85. The van der Waals surface area contributed by atoms with Crippen molar-refractivity contribution in [1.29, 1.82) is 0 Å². The molecule has 0 spiro atoms. The van der Waals surface area contributed by atoms with Crippen LogP contribution in [0.4, 0.5) is 5.82 Å². The van der Waals surface area contributed by atoms with Gasteiger partial charge in [0.25, 0.3) is 0 Å². The van der Waals surface area contributed by atoms with Crippen LogP contribution in [0.5, 0.6) is 0 Å². The van der Waals surface area contributed by atoms with E-state index in [4.69, 9.17) is 0 Å². The molecule has 4 heterocycles. The summed E-state index contributed by atoms with van der Waals surface area (Å²) >= 11 is 0. The summed E-state index contributed by atoms with van der Waals surface area (Å²) in [5.74, 6) is 1.33. The predicted molar refractivity (Wildman–Crippen MR) is 98.4 cm³/mol. The fourth-order valence-electron chi connectivity index (χ4n) is 3.89. The molecule has 0 saturated carbocycles. The van der Waals surface area contributed by atoms with Crippen molar-refractivity contribution < 1.29 is 4.79 Å². The molecule has 136 valence electrons. The van der Waals surface area contributed by atoms with Crippen LogP contribution in [0.25, 0.3) is 11.0 Å². The maximum absolute atomic E-state index is 12.4. The average Bonchev–Trinajstić information content (AvgIpc) is 3.29. The minimum Gasteiger partial charge on any atom is -0.369 e. The highest BCUT2D eigenvalue weighted by molar-refractivity contribution is 5.86. The molecular weight excluding hydrogens is 330 g/mol. The molecule has 1 fully saturated rings. The van der Waals surface area contributed by atoms with Crippen LogP contribution >= 0.6 is 0 Å². The van der Waals surface area contributed by atoms with Crippen molar-refractivity contribution in [2.75, 3.05) is 18.4 Å². The topological polar surface area (TPSA) is 91.7 Å². The van der Waals surface area contributed by atoms with E-state index >= 15 is 0 Å². The van der Waals surface area contributed by atoms with Gasteiger partial charge >= 0.3 is 0 Å². The van der Waals surface area contributed by atoms with Gasteiger partial charge in [-0.05, 0) is 19.4 Å². The number of carbonyl (C=O) groups excluding carboxylic acids is 1. The van der Waals surface area contributed by atoms with Gasteiger partial charge in [-0.15, -0.1) is 0 Å². The number of aromatic nitrogens is 5. The Morgan fingerprint density at radius 2 is 2.27 bits per heavy atom. The number of fused-ring (bicyclic) bond motifs is 1. The van der Waals surface area contributed by atoms with Gasteiger partial charge in [0.1, 0.15) is 17.8 Å². The molecule has 26 heavy (non-hydrogen) atoms. The lowest BCUT2D eigenvalue weighted by Crippen LogP contribution is -2.44. The van der Waals surface area contributed by atoms with Crippen molar-refractivity contribution in [3.05, 3.63) is 36.5 Å². The van der Waals surface area contributed by atoms with Gasteiger partial charge in [-0.2, -0.15) is 5.10 Å². The van der Waals surface area contributed by atoms with Gasteiger partial charge in [0.2, 0.25) is 5.91 Å². The Labute approximate surface area is 151 Å². The molecule has 8 heteroatoms. The molecule has 0 aromatic carbocycles. The van der Waals surface area contributed by atoms with E-state index in [0.717, 1.165) is 35.4 Å². The standard InChI is InChI=1S/C18H23N7O/c1-3-25-15(26)5-4-12(16(25)13-9-23-24(2)10-13)8-20-18-14-6-7-19-17(14)21-11-22-18/h6-7,9-12,16H,3-5,8H2,1-2H3,(H2,19,20,21,22)/t12-,16+/m1/s1. The molecule has 3 aromatic rings. The number of nitrogens with one attached hydrogen (secondary N) is 2. The third-order valence-corrected chi connectivity index (χ3v) is 5.12. The lowest BCUT2D eigenvalue weighted by Gasteiger charge is -2.40. The van der Waals surface area contributed by atoms with E-state index in [9.17, 15) is 4.79 Å². The highest BCUT2D eigenvalue weighted by Gasteiger charge is 2.36. The number of hydrogen-bond donors (Lipinski definition) is 2. The van der Waals surface area contributed by atoms with Crippen molar-refractivity contribution >= 4 is 22.8 Å². The average molecular weight is 353 g/mol. The number of carbonyl (C=O) groups is 1.